The predicted octanol–water partition coefficient (Wildman–Crippen LogP) is 3.37. The smallest absolute Gasteiger partial charge is 0.246 e. The van der Waals surface area contributed by atoms with Gasteiger partial charge in [-0.25, -0.2) is 13.1 Å². The van der Waals surface area contributed by atoms with Crippen molar-refractivity contribution < 1.29 is 13.2 Å². The first-order chi connectivity index (χ1) is 12.7. The van der Waals surface area contributed by atoms with Gasteiger partial charge in [-0.15, -0.1) is 0 Å². The van der Waals surface area contributed by atoms with Crippen LogP contribution in [0.5, 0.6) is 0 Å². The summed E-state index contributed by atoms with van der Waals surface area (Å²) in [5.74, 6) is -0.201. The second kappa shape index (κ2) is 9.01. The average molecular weight is 390 g/mol. The van der Waals surface area contributed by atoms with Gasteiger partial charge in [0.2, 0.25) is 15.9 Å². The molecule has 0 heterocycles. The lowest BCUT2D eigenvalue weighted by molar-refractivity contribution is -0.116. The number of anilines is 2. The molecule has 0 aliphatic carbocycles. The predicted molar refractivity (Wildman–Crippen MR) is 109 cm³/mol. The maximum Gasteiger partial charge on any atom is 0.246 e. The first kappa shape index (κ1) is 20.9. The number of hydrogen-bond acceptors (Lipinski definition) is 4. The molecule has 2 rings (SSSR count). The Bertz CT molecular complexity index is 878. The van der Waals surface area contributed by atoms with Crippen LogP contribution in [0.4, 0.5) is 11.4 Å². The largest absolute Gasteiger partial charge is 0.374 e. The zero-order valence-electron chi connectivity index (χ0n) is 16.1. The summed E-state index contributed by atoms with van der Waals surface area (Å²) in [6.07, 6.45) is 0.928. The minimum Gasteiger partial charge on any atom is -0.374 e. The van der Waals surface area contributed by atoms with Gasteiger partial charge in [0, 0.05) is 17.4 Å². The molecule has 0 aliphatic heterocycles. The number of benzene rings is 2. The van der Waals surface area contributed by atoms with Gasteiger partial charge >= 0.3 is 0 Å². The number of rotatable bonds is 8. The molecule has 1 atom stereocenters. The highest BCUT2D eigenvalue weighted by atomic mass is 32.2. The van der Waals surface area contributed by atoms with Crippen molar-refractivity contribution in [2.24, 2.45) is 0 Å². The summed E-state index contributed by atoms with van der Waals surface area (Å²) in [4.78, 5) is 12.6. The number of carbonyl (C=O) groups is 1. The highest BCUT2D eigenvalue weighted by molar-refractivity contribution is 7.89. The second-order valence-electron chi connectivity index (χ2n) is 6.71. The van der Waals surface area contributed by atoms with Crippen molar-refractivity contribution in [2.75, 3.05) is 10.6 Å². The minimum absolute atomic E-state index is 0.164. The van der Waals surface area contributed by atoms with Crippen LogP contribution in [-0.2, 0) is 21.2 Å². The van der Waals surface area contributed by atoms with E-state index >= 15 is 0 Å². The van der Waals surface area contributed by atoms with Crippen LogP contribution in [0.15, 0.2) is 53.4 Å². The Kier molecular flexibility index (Phi) is 6.98. The Morgan fingerprint density at radius 2 is 1.67 bits per heavy atom. The zero-order chi connectivity index (χ0) is 20.0. The molecule has 2 aromatic rings. The van der Waals surface area contributed by atoms with E-state index in [-0.39, 0.29) is 16.8 Å². The molecule has 0 spiro atoms. The maximum absolute atomic E-state index is 12.4. The van der Waals surface area contributed by atoms with Crippen LogP contribution < -0.4 is 15.4 Å². The van der Waals surface area contributed by atoms with Gasteiger partial charge in [-0.05, 0) is 69.2 Å². The lowest BCUT2D eigenvalue weighted by atomic mass is 10.1. The topological polar surface area (TPSA) is 87.3 Å². The summed E-state index contributed by atoms with van der Waals surface area (Å²) < 4.78 is 26.8. The maximum atomic E-state index is 12.4. The van der Waals surface area contributed by atoms with Crippen LogP contribution in [-0.4, -0.2) is 26.4 Å². The van der Waals surface area contributed by atoms with Gasteiger partial charge in [-0.1, -0.05) is 19.1 Å². The molecular formula is C20H27N3O3S. The monoisotopic (exact) mass is 389 g/mol. The van der Waals surface area contributed by atoms with Gasteiger partial charge in [-0.2, -0.15) is 0 Å². The summed E-state index contributed by atoms with van der Waals surface area (Å²) in [5, 5.41) is 5.97. The third-order valence-electron chi connectivity index (χ3n) is 3.93. The molecule has 0 bridgehead atoms. The fourth-order valence-corrected chi connectivity index (χ4v) is 3.79. The molecule has 6 nitrogen and oxygen atoms in total. The number of sulfonamides is 1. The van der Waals surface area contributed by atoms with Crippen molar-refractivity contribution in [3.05, 3.63) is 54.1 Å². The Morgan fingerprint density at radius 3 is 2.26 bits per heavy atom. The first-order valence-corrected chi connectivity index (χ1v) is 10.5. The first-order valence-electron chi connectivity index (χ1n) is 9.00. The fraction of sp³-hybridized carbons (Fsp3) is 0.350. The van der Waals surface area contributed by atoms with Crippen molar-refractivity contribution in [3.8, 4) is 0 Å². The third kappa shape index (κ3) is 6.08. The lowest BCUT2D eigenvalue weighted by Gasteiger charge is -2.16. The summed E-state index contributed by atoms with van der Waals surface area (Å²) in [7, 11) is -3.54. The molecule has 0 radical (unpaired) electrons. The van der Waals surface area contributed by atoms with Crippen molar-refractivity contribution in [3.63, 3.8) is 0 Å². The van der Waals surface area contributed by atoms with Crippen molar-refractivity contribution in [1.82, 2.24) is 4.72 Å². The van der Waals surface area contributed by atoms with Gasteiger partial charge in [0.15, 0.2) is 0 Å². The number of hydrogen-bond donors (Lipinski definition) is 3. The Morgan fingerprint density at radius 1 is 1.00 bits per heavy atom. The van der Waals surface area contributed by atoms with E-state index in [0.717, 1.165) is 12.1 Å². The molecule has 0 saturated carbocycles. The van der Waals surface area contributed by atoms with E-state index in [4.69, 9.17) is 0 Å². The number of amides is 1. The Hall–Kier alpha value is -2.38. The van der Waals surface area contributed by atoms with Gasteiger partial charge in [-0.3, -0.25) is 4.79 Å². The molecule has 7 heteroatoms. The van der Waals surface area contributed by atoms with Gasteiger partial charge in [0.1, 0.15) is 6.04 Å². The Balaban J connectivity index is 2.00. The molecular weight excluding hydrogens is 362 g/mol. The molecule has 0 aliphatic rings. The van der Waals surface area contributed by atoms with E-state index in [1.807, 2.05) is 24.3 Å². The summed E-state index contributed by atoms with van der Waals surface area (Å²) >= 11 is 0. The van der Waals surface area contributed by atoms with E-state index in [0.29, 0.717) is 5.69 Å². The van der Waals surface area contributed by atoms with Gasteiger partial charge in [0.05, 0.1) is 4.90 Å². The number of aryl methyl sites for hydroxylation is 1. The zero-order valence-corrected chi connectivity index (χ0v) is 16.9. The number of nitrogens with one attached hydrogen (secondary N) is 3. The third-order valence-corrected chi connectivity index (χ3v) is 5.61. The van der Waals surface area contributed by atoms with Crippen LogP contribution >= 0.6 is 0 Å². The van der Waals surface area contributed by atoms with E-state index < -0.39 is 16.1 Å². The quantitative estimate of drug-likeness (QED) is 0.646. The fourth-order valence-electron chi connectivity index (χ4n) is 2.54. The average Bonchev–Trinajstić information content (AvgIpc) is 2.61. The van der Waals surface area contributed by atoms with Crippen LogP contribution in [0.2, 0.25) is 0 Å². The standard InChI is InChI=1S/C20H27N3O3S/c1-5-16-7-6-8-18(13-16)21-15(4)20(24)22-17-9-11-19(12-10-17)27(25,26)23-14(2)3/h6-15,21,23H,5H2,1-4H3,(H,22,24)/t15-/m0/s1. The van der Waals surface area contributed by atoms with Crippen molar-refractivity contribution in [1.29, 1.82) is 0 Å². The molecule has 27 heavy (non-hydrogen) atoms. The molecule has 3 N–H and O–H groups in total. The molecule has 0 saturated heterocycles. The normalized spacial score (nSPS) is 12.6. The van der Waals surface area contributed by atoms with Crippen LogP contribution in [0.25, 0.3) is 0 Å². The van der Waals surface area contributed by atoms with Crippen molar-refractivity contribution in [2.45, 2.75) is 51.1 Å². The van der Waals surface area contributed by atoms with Gasteiger partial charge in [0.25, 0.3) is 0 Å². The summed E-state index contributed by atoms with van der Waals surface area (Å²) in [5.41, 5.74) is 2.62. The van der Waals surface area contributed by atoms with Crippen LogP contribution in [0.1, 0.15) is 33.3 Å². The molecule has 1 amide bonds. The van der Waals surface area contributed by atoms with E-state index in [2.05, 4.69) is 22.3 Å². The summed E-state index contributed by atoms with van der Waals surface area (Å²) in [6, 6.07) is 13.4. The molecule has 0 fully saturated rings. The van der Waals surface area contributed by atoms with E-state index in [9.17, 15) is 13.2 Å². The SMILES string of the molecule is CCc1cccc(N[C@@H](C)C(=O)Nc2ccc(S(=O)(=O)NC(C)C)cc2)c1. The van der Waals surface area contributed by atoms with Gasteiger partial charge < -0.3 is 10.6 Å². The van der Waals surface area contributed by atoms with Crippen molar-refractivity contribution >= 4 is 27.3 Å². The number of carbonyl (C=O) groups excluding carboxylic acids is 1. The second-order valence-corrected chi connectivity index (χ2v) is 8.42. The molecule has 146 valence electrons. The van der Waals surface area contributed by atoms with Crippen LogP contribution in [0, 0.1) is 0 Å². The highest BCUT2D eigenvalue weighted by Gasteiger charge is 2.16. The minimum atomic E-state index is -3.54. The van der Waals surface area contributed by atoms with E-state index in [1.54, 1.807) is 32.9 Å². The van der Waals surface area contributed by atoms with E-state index in [1.165, 1.54) is 17.7 Å². The molecule has 0 aromatic heterocycles. The van der Waals surface area contributed by atoms with Crippen LogP contribution in [0.3, 0.4) is 0 Å². The lowest BCUT2D eigenvalue weighted by Crippen LogP contribution is -2.32. The molecule has 2 aromatic carbocycles. The molecule has 0 unspecified atom stereocenters. The summed E-state index contributed by atoms with van der Waals surface area (Å²) in [6.45, 7) is 7.38. The highest BCUT2D eigenvalue weighted by Crippen LogP contribution is 2.16. The Labute approximate surface area is 161 Å².